The van der Waals surface area contributed by atoms with Crippen molar-refractivity contribution in [1.82, 2.24) is 4.90 Å². The van der Waals surface area contributed by atoms with Gasteiger partial charge in [-0.1, -0.05) is 0 Å². The van der Waals surface area contributed by atoms with Crippen molar-refractivity contribution in [3.05, 3.63) is 0 Å². The van der Waals surface area contributed by atoms with E-state index in [2.05, 4.69) is 0 Å². The minimum absolute atomic E-state index is 0.0484. The van der Waals surface area contributed by atoms with Crippen LogP contribution in [-0.4, -0.2) is 46.0 Å². The van der Waals surface area contributed by atoms with Crippen molar-refractivity contribution < 1.29 is 24.6 Å². The molecule has 6 heteroatoms. The van der Waals surface area contributed by atoms with Crippen molar-refractivity contribution in [2.45, 2.75) is 13.0 Å². The summed E-state index contributed by atoms with van der Waals surface area (Å²) in [6.07, 6.45) is 0.201. The number of aliphatic carboxylic acids is 2. The van der Waals surface area contributed by atoms with Gasteiger partial charge in [-0.05, 0) is 6.92 Å². The highest BCUT2D eigenvalue weighted by Crippen LogP contribution is 1.96. The molecule has 1 amide bonds. The van der Waals surface area contributed by atoms with Crippen LogP contribution in [0.25, 0.3) is 0 Å². The molecule has 0 aromatic carbocycles. The van der Waals surface area contributed by atoms with Crippen LogP contribution in [0.3, 0.4) is 0 Å². The highest BCUT2D eigenvalue weighted by molar-refractivity contribution is 5.98. The van der Waals surface area contributed by atoms with Crippen molar-refractivity contribution in [3.8, 4) is 0 Å². The summed E-state index contributed by atoms with van der Waals surface area (Å²) >= 11 is 0. The largest absolute Gasteiger partial charge is 0.479 e. The van der Waals surface area contributed by atoms with Gasteiger partial charge in [0.05, 0.1) is 0 Å². The van der Waals surface area contributed by atoms with Gasteiger partial charge < -0.3 is 15.1 Å². The van der Waals surface area contributed by atoms with E-state index in [1.165, 1.54) is 6.92 Å². The fourth-order valence-electron chi connectivity index (χ4n) is 0.707. The quantitative estimate of drug-likeness (QED) is 0.413. The van der Waals surface area contributed by atoms with Gasteiger partial charge in [0.25, 0.3) is 0 Å². The SMILES string of the molecule is CCN(C=O)C(C(=O)O)C(=O)O. The highest BCUT2D eigenvalue weighted by atomic mass is 16.4. The van der Waals surface area contributed by atoms with Crippen molar-refractivity contribution in [3.63, 3.8) is 0 Å². The number of hydrogen-bond acceptors (Lipinski definition) is 3. The van der Waals surface area contributed by atoms with E-state index in [-0.39, 0.29) is 13.0 Å². The van der Waals surface area contributed by atoms with Crippen LogP contribution >= 0.6 is 0 Å². The first-order chi connectivity index (χ1) is 5.54. The van der Waals surface area contributed by atoms with E-state index in [4.69, 9.17) is 10.2 Å². The number of likely N-dealkylation sites (N-methyl/N-ethyl adjacent to an activating group) is 1. The molecule has 0 radical (unpaired) electrons. The van der Waals surface area contributed by atoms with Gasteiger partial charge in [0, 0.05) is 6.54 Å². The standard InChI is InChI=1S/C6H9NO5/c1-2-7(3-8)4(5(9)10)6(11)12/h3-4H,2H2,1H3,(H,9,10)(H,11,12). The predicted octanol–water partition coefficient (Wildman–Crippen LogP) is -0.997. The van der Waals surface area contributed by atoms with Gasteiger partial charge in [-0.3, -0.25) is 4.79 Å². The molecular weight excluding hydrogens is 166 g/mol. The van der Waals surface area contributed by atoms with Crippen LogP contribution in [0.1, 0.15) is 6.92 Å². The van der Waals surface area contributed by atoms with Crippen molar-refractivity contribution in [1.29, 1.82) is 0 Å². The molecule has 0 saturated heterocycles. The monoisotopic (exact) mass is 175 g/mol. The third kappa shape index (κ3) is 2.22. The minimum Gasteiger partial charge on any atom is -0.479 e. The number of nitrogens with zero attached hydrogens (tertiary/aromatic N) is 1. The van der Waals surface area contributed by atoms with Gasteiger partial charge in [-0.15, -0.1) is 0 Å². The summed E-state index contributed by atoms with van der Waals surface area (Å²) in [7, 11) is 0. The molecule has 0 fully saturated rings. The smallest absolute Gasteiger partial charge is 0.338 e. The van der Waals surface area contributed by atoms with Gasteiger partial charge in [-0.2, -0.15) is 0 Å². The lowest BCUT2D eigenvalue weighted by Gasteiger charge is -2.18. The van der Waals surface area contributed by atoms with Crippen LogP contribution in [-0.2, 0) is 14.4 Å². The molecule has 68 valence electrons. The van der Waals surface area contributed by atoms with Crippen LogP contribution < -0.4 is 0 Å². The third-order valence-electron chi connectivity index (χ3n) is 1.30. The lowest BCUT2D eigenvalue weighted by atomic mass is 10.2. The first-order valence-corrected chi connectivity index (χ1v) is 3.21. The second-order valence-electron chi connectivity index (χ2n) is 2.01. The van der Waals surface area contributed by atoms with Gasteiger partial charge in [-0.25, -0.2) is 9.59 Å². The first kappa shape index (κ1) is 10.4. The Bertz CT molecular complexity index is 188. The molecule has 0 rings (SSSR count). The number of rotatable bonds is 5. The average molecular weight is 175 g/mol. The Kier molecular flexibility index (Phi) is 3.75. The minimum atomic E-state index is -1.78. The maximum Gasteiger partial charge on any atom is 0.338 e. The van der Waals surface area contributed by atoms with Crippen LogP contribution in [0, 0.1) is 0 Å². The number of carboxylic acids is 2. The van der Waals surface area contributed by atoms with Crippen LogP contribution in [0.5, 0.6) is 0 Å². The number of carbonyl (C=O) groups is 3. The Morgan fingerprint density at radius 3 is 1.92 bits per heavy atom. The molecule has 0 heterocycles. The maximum atomic E-state index is 10.3. The average Bonchev–Trinajstić information content (AvgIpc) is 1.98. The molecule has 0 atom stereocenters. The summed E-state index contributed by atoms with van der Waals surface area (Å²) in [6.45, 7) is 1.54. The second-order valence-corrected chi connectivity index (χ2v) is 2.01. The molecule has 0 aliphatic rings. The fraction of sp³-hybridized carbons (Fsp3) is 0.500. The summed E-state index contributed by atoms with van der Waals surface area (Å²) in [5.74, 6) is -3.09. The van der Waals surface area contributed by atoms with Crippen LogP contribution in [0.2, 0.25) is 0 Å². The number of amides is 1. The molecule has 0 spiro atoms. The normalized spacial score (nSPS) is 9.50. The Balaban J connectivity index is 4.58. The van der Waals surface area contributed by atoms with Gasteiger partial charge in [0.2, 0.25) is 12.5 Å². The summed E-state index contributed by atoms with van der Waals surface area (Å²) in [5.41, 5.74) is 0. The van der Waals surface area contributed by atoms with E-state index >= 15 is 0 Å². The Morgan fingerprint density at radius 1 is 1.42 bits per heavy atom. The van der Waals surface area contributed by atoms with E-state index in [9.17, 15) is 14.4 Å². The van der Waals surface area contributed by atoms with Gasteiger partial charge in [0.15, 0.2) is 0 Å². The van der Waals surface area contributed by atoms with Gasteiger partial charge in [0.1, 0.15) is 0 Å². The second kappa shape index (κ2) is 4.32. The summed E-state index contributed by atoms with van der Waals surface area (Å²) in [5, 5.41) is 16.8. The Hall–Kier alpha value is -1.59. The predicted molar refractivity (Wildman–Crippen MR) is 37.5 cm³/mol. The van der Waals surface area contributed by atoms with E-state index in [1.54, 1.807) is 0 Å². The van der Waals surface area contributed by atoms with Crippen LogP contribution in [0.4, 0.5) is 0 Å². The van der Waals surface area contributed by atoms with Gasteiger partial charge >= 0.3 is 11.9 Å². The number of carbonyl (C=O) groups excluding carboxylic acids is 1. The molecule has 0 aromatic heterocycles. The van der Waals surface area contributed by atoms with Crippen molar-refractivity contribution in [2.24, 2.45) is 0 Å². The summed E-state index contributed by atoms with van der Waals surface area (Å²) in [6, 6.07) is -1.78. The van der Waals surface area contributed by atoms with Crippen molar-refractivity contribution >= 4 is 18.3 Å². The lowest BCUT2D eigenvalue weighted by molar-refractivity contribution is -0.158. The Morgan fingerprint density at radius 2 is 1.83 bits per heavy atom. The fourth-order valence-corrected chi connectivity index (χ4v) is 0.707. The zero-order valence-corrected chi connectivity index (χ0v) is 6.43. The molecular formula is C6H9NO5. The molecule has 0 bridgehead atoms. The molecule has 0 aromatic rings. The molecule has 12 heavy (non-hydrogen) atoms. The van der Waals surface area contributed by atoms with Crippen molar-refractivity contribution in [2.75, 3.05) is 6.54 Å². The van der Waals surface area contributed by atoms with Crippen LogP contribution in [0.15, 0.2) is 0 Å². The Labute approximate surface area is 68.4 Å². The lowest BCUT2D eigenvalue weighted by Crippen LogP contribution is -2.45. The topological polar surface area (TPSA) is 94.9 Å². The third-order valence-corrected chi connectivity index (χ3v) is 1.30. The van der Waals surface area contributed by atoms with E-state index in [1.807, 2.05) is 0 Å². The zero-order chi connectivity index (χ0) is 9.72. The maximum absolute atomic E-state index is 10.3. The number of carboxylic acid groups (broad SMARTS) is 2. The molecule has 2 N–H and O–H groups in total. The number of hydrogen-bond donors (Lipinski definition) is 2. The molecule has 0 aliphatic carbocycles. The van der Waals surface area contributed by atoms with E-state index in [0.717, 1.165) is 0 Å². The highest BCUT2D eigenvalue weighted by Gasteiger charge is 2.30. The summed E-state index contributed by atoms with van der Waals surface area (Å²) in [4.78, 5) is 31.5. The zero-order valence-electron chi connectivity index (χ0n) is 6.43. The summed E-state index contributed by atoms with van der Waals surface area (Å²) < 4.78 is 0. The molecule has 0 unspecified atom stereocenters. The molecule has 0 aliphatic heterocycles. The molecule has 0 saturated carbocycles. The molecule has 6 nitrogen and oxygen atoms in total. The first-order valence-electron chi connectivity index (χ1n) is 3.21. The van der Waals surface area contributed by atoms with E-state index < -0.39 is 18.0 Å². The van der Waals surface area contributed by atoms with E-state index in [0.29, 0.717) is 4.90 Å².